The Balaban J connectivity index is 2.27. The van der Waals surface area contributed by atoms with Gasteiger partial charge in [0.25, 0.3) is 0 Å². The van der Waals surface area contributed by atoms with Crippen LogP contribution in [0.25, 0.3) is 0 Å². The summed E-state index contributed by atoms with van der Waals surface area (Å²) in [6.45, 7) is 4.05. The molecule has 0 fully saturated rings. The quantitative estimate of drug-likeness (QED) is 0.716. The fourth-order valence-corrected chi connectivity index (χ4v) is 2.60. The van der Waals surface area contributed by atoms with E-state index in [4.69, 9.17) is 0 Å². The number of halogens is 1. The zero-order valence-electron chi connectivity index (χ0n) is 11.5. The van der Waals surface area contributed by atoms with Gasteiger partial charge in [0.05, 0.1) is 6.04 Å². The molecule has 0 aromatic heterocycles. The van der Waals surface area contributed by atoms with Crippen LogP contribution in [-0.2, 0) is 6.42 Å². The third kappa shape index (κ3) is 3.25. The van der Waals surface area contributed by atoms with E-state index in [1.807, 2.05) is 19.1 Å². The van der Waals surface area contributed by atoms with Gasteiger partial charge in [-0.25, -0.2) is 0 Å². The highest BCUT2D eigenvalue weighted by Gasteiger charge is 2.12. The normalized spacial score (nSPS) is 12.2. The molecule has 0 aliphatic rings. The predicted molar refractivity (Wildman–Crippen MR) is 85.3 cm³/mol. The van der Waals surface area contributed by atoms with Crippen LogP contribution in [0.15, 0.2) is 40.9 Å². The second-order valence-corrected chi connectivity index (χ2v) is 5.68. The summed E-state index contributed by atoms with van der Waals surface area (Å²) in [5.74, 6) is 0.330. The molecule has 20 heavy (non-hydrogen) atoms. The lowest BCUT2D eigenvalue weighted by atomic mass is 10.0. The van der Waals surface area contributed by atoms with E-state index in [0.29, 0.717) is 5.56 Å². The maximum absolute atomic E-state index is 9.90. The molecule has 0 saturated heterocycles. The van der Waals surface area contributed by atoms with Crippen molar-refractivity contribution in [2.45, 2.75) is 26.3 Å². The monoisotopic (exact) mass is 335 g/mol. The van der Waals surface area contributed by atoms with E-state index >= 15 is 0 Å². The molecule has 1 unspecified atom stereocenters. The van der Waals surface area contributed by atoms with Crippen molar-refractivity contribution in [1.82, 2.24) is 0 Å². The number of aryl methyl sites for hydroxylation is 1. The van der Waals surface area contributed by atoms with Crippen molar-refractivity contribution in [1.29, 1.82) is 0 Å². The van der Waals surface area contributed by atoms with Gasteiger partial charge in [-0.1, -0.05) is 22.9 Å². The van der Waals surface area contributed by atoms with Gasteiger partial charge < -0.3 is 15.5 Å². The molecule has 1 atom stereocenters. The van der Waals surface area contributed by atoms with Gasteiger partial charge in [-0.15, -0.1) is 0 Å². The van der Waals surface area contributed by atoms with E-state index in [2.05, 4.69) is 34.2 Å². The Morgan fingerprint density at radius 3 is 2.60 bits per heavy atom. The molecule has 0 spiro atoms. The smallest absolute Gasteiger partial charge is 0.121 e. The summed E-state index contributed by atoms with van der Waals surface area (Å²) < 4.78 is 1.05. The largest absolute Gasteiger partial charge is 0.508 e. The molecule has 106 valence electrons. The summed E-state index contributed by atoms with van der Waals surface area (Å²) in [6.07, 6.45) is 0.917. The van der Waals surface area contributed by atoms with Gasteiger partial charge in [-0.05, 0) is 55.3 Å². The molecule has 0 amide bonds. The van der Waals surface area contributed by atoms with Gasteiger partial charge in [0.2, 0.25) is 0 Å². The minimum atomic E-state index is -0.103. The van der Waals surface area contributed by atoms with Gasteiger partial charge in [0.15, 0.2) is 0 Å². The van der Waals surface area contributed by atoms with Gasteiger partial charge in [0.1, 0.15) is 11.5 Å². The molecule has 0 aliphatic carbocycles. The summed E-state index contributed by atoms with van der Waals surface area (Å²) in [4.78, 5) is 0. The van der Waals surface area contributed by atoms with Crippen molar-refractivity contribution in [3.63, 3.8) is 0 Å². The third-order valence-corrected chi connectivity index (χ3v) is 3.79. The summed E-state index contributed by atoms with van der Waals surface area (Å²) in [7, 11) is 0. The number of anilines is 1. The fraction of sp³-hybridized carbons (Fsp3) is 0.250. The van der Waals surface area contributed by atoms with Gasteiger partial charge >= 0.3 is 0 Å². The van der Waals surface area contributed by atoms with Crippen LogP contribution in [0, 0.1) is 0 Å². The van der Waals surface area contributed by atoms with Crippen LogP contribution < -0.4 is 5.32 Å². The molecule has 3 N–H and O–H groups in total. The first-order valence-electron chi connectivity index (χ1n) is 6.58. The number of hydrogen-bond donors (Lipinski definition) is 3. The molecule has 0 radical (unpaired) electrons. The lowest BCUT2D eigenvalue weighted by Gasteiger charge is -2.19. The van der Waals surface area contributed by atoms with Crippen LogP contribution in [0.3, 0.4) is 0 Å². The molecule has 0 saturated carbocycles. The highest BCUT2D eigenvalue weighted by molar-refractivity contribution is 9.10. The molecule has 2 aromatic rings. The molecular weight excluding hydrogens is 318 g/mol. The van der Waals surface area contributed by atoms with Gasteiger partial charge in [-0.3, -0.25) is 0 Å². The molecule has 0 bridgehead atoms. The van der Waals surface area contributed by atoms with Crippen molar-refractivity contribution in [2.24, 2.45) is 0 Å². The average Bonchev–Trinajstić information content (AvgIpc) is 2.43. The van der Waals surface area contributed by atoms with Crippen LogP contribution >= 0.6 is 15.9 Å². The first kappa shape index (κ1) is 14.7. The standard InChI is InChI=1S/C16H18BrNO2/c1-3-11-8-12(17)4-6-15(11)18-10(2)14-9-13(19)5-7-16(14)20/h4-10,18-20H,3H2,1-2H3. The predicted octanol–water partition coefficient (Wildman–Crippen LogP) is 4.60. The second-order valence-electron chi connectivity index (χ2n) is 4.76. The summed E-state index contributed by atoms with van der Waals surface area (Å²) in [6, 6.07) is 10.5. The summed E-state index contributed by atoms with van der Waals surface area (Å²) in [5, 5.41) is 22.8. The molecule has 0 aliphatic heterocycles. The van der Waals surface area contributed by atoms with E-state index in [1.165, 1.54) is 17.7 Å². The van der Waals surface area contributed by atoms with Crippen molar-refractivity contribution in [3.8, 4) is 11.5 Å². The Morgan fingerprint density at radius 1 is 1.15 bits per heavy atom. The van der Waals surface area contributed by atoms with E-state index < -0.39 is 0 Å². The Kier molecular flexibility index (Phi) is 4.55. The highest BCUT2D eigenvalue weighted by atomic mass is 79.9. The Hall–Kier alpha value is -1.68. The number of rotatable bonds is 4. The van der Waals surface area contributed by atoms with E-state index in [0.717, 1.165) is 16.6 Å². The minimum absolute atomic E-state index is 0.103. The maximum atomic E-state index is 9.90. The van der Waals surface area contributed by atoms with Crippen LogP contribution in [-0.4, -0.2) is 10.2 Å². The third-order valence-electron chi connectivity index (χ3n) is 3.30. The van der Waals surface area contributed by atoms with Gasteiger partial charge in [-0.2, -0.15) is 0 Å². The zero-order chi connectivity index (χ0) is 14.7. The molecule has 4 heteroatoms. The number of benzene rings is 2. The highest BCUT2D eigenvalue weighted by Crippen LogP contribution is 2.31. The van der Waals surface area contributed by atoms with Crippen LogP contribution in [0.5, 0.6) is 11.5 Å². The molecule has 0 heterocycles. The van der Waals surface area contributed by atoms with Crippen molar-refractivity contribution < 1.29 is 10.2 Å². The second kappa shape index (κ2) is 6.18. The number of phenols is 2. The maximum Gasteiger partial charge on any atom is 0.121 e. The van der Waals surface area contributed by atoms with E-state index in [1.54, 1.807) is 6.07 Å². The van der Waals surface area contributed by atoms with Crippen LogP contribution in [0.1, 0.15) is 31.0 Å². The average molecular weight is 336 g/mol. The van der Waals surface area contributed by atoms with Crippen LogP contribution in [0.4, 0.5) is 5.69 Å². The van der Waals surface area contributed by atoms with Crippen LogP contribution in [0.2, 0.25) is 0 Å². The number of phenolic OH excluding ortho intramolecular Hbond substituents is 2. The Morgan fingerprint density at radius 2 is 1.90 bits per heavy atom. The van der Waals surface area contributed by atoms with E-state index in [9.17, 15) is 10.2 Å². The summed E-state index contributed by atoms with van der Waals surface area (Å²) >= 11 is 3.47. The number of hydrogen-bond acceptors (Lipinski definition) is 3. The molecule has 2 aromatic carbocycles. The number of aromatic hydroxyl groups is 2. The first-order chi connectivity index (χ1) is 9.51. The minimum Gasteiger partial charge on any atom is -0.508 e. The number of nitrogens with one attached hydrogen (secondary N) is 1. The molecular formula is C16H18BrNO2. The summed E-state index contributed by atoms with van der Waals surface area (Å²) in [5.41, 5.74) is 2.91. The zero-order valence-corrected chi connectivity index (χ0v) is 13.1. The SMILES string of the molecule is CCc1cc(Br)ccc1NC(C)c1cc(O)ccc1O. The van der Waals surface area contributed by atoms with Crippen molar-refractivity contribution in [2.75, 3.05) is 5.32 Å². The lowest BCUT2D eigenvalue weighted by Crippen LogP contribution is -2.08. The Labute approximate surface area is 127 Å². The topological polar surface area (TPSA) is 52.5 Å². The fourth-order valence-electron chi connectivity index (χ4n) is 2.20. The lowest BCUT2D eigenvalue weighted by molar-refractivity contribution is 0.451. The van der Waals surface area contributed by atoms with Crippen molar-refractivity contribution >= 4 is 21.6 Å². The first-order valence-corrected chi connectivity index (χ1v) is 7.37. The van der Waals surface area contributed by atoms with Crippen molar-refractivity contribution in [3.05, 3.63) is 52.0 Å². The molecule has 2 rings (SSSR count). The molecule has 3 nitrogen and oxygen atoms in total. The van der Waals surface area contributed by atoms with E-state index in [-0.39, 0.29) is 17.5 Å². The Bertz CT molecular complexity index is 613. The van der Waals surface area contributed by atoms with Gasteiger partial charge in [0, 0.05) is 15.7 Å².